The Morgan fingerprint density at radius 1 is 1.33 bits per heavy atom. The van der Waals surface area contributed by atoms with Gasteiger partial charge in [-0.3, -0.25) is 14.4 Å². The second kappa shape index (κ2) is 5.94. The van der Waals surface area contributed by atoms with Gasteiger partial charge in [-0.05, 0) is 43.3 Å². The minimum Gasteiger partial charge on any atom is -0.388 e. The molecule has 0 aromatic carbocycles. The van der Waals surface area contributed by atoms with Crippen molar-refractivity contribution < 1.29 is 24.6 Å². The monoisotopic (exact) mass is 436 g/mol. The van der Waals surface area contributed by atoms with Gasteiger partial charge in [-0.25, -0.2) is 0 Å². The zero-order chi connectivity index (χ0) is 19.8. The standard InChI is InChI=1S/C21H25BrO5/c1-19-5-3-12(24)7-11(19)8-14(22)17-13-4-6-21(27,16(26)10-23)20(13,2)9-15(25)18(17)19/h3,5,7,13-14,17-18,23,27H,4,6,8-10H2,1-2H3/t13-,14+,17+,18-,19-,20-,21-/m0/s1. The minimum atomic E-state index is -1.66. The van der Waals surface area contributed by atoms with E-state index in [0.717, 1.165) is 5.57 Å². The highest BCUT2D eigenvalue weighted by atomic mass is 79.9. The van der Waals surface area contributed by atoms with Gasteiger partial charge < -0.3 is 10.2 Å². The van der Waals surface area contributed by atoms with Crippen LogP contribution in [0.5, 0.6) is 0 Å². The van der Waals surface area contributed by atoms with E-state index in [1.807, 2.05) is 19.9 Å². The molecule has 5 nitrogen and oxygen atoms in total. The number of hydrogen-bond acceptors (Lipinski definition) is 5. The van der Waals surface area contributed by atoms with E-state index in [2.05, 4.69) is 15.9 Å². The van der Waals surface area contributed by atoms with Crippen LogP contribution in [0.3, 0.4) is 0 Å². The molecule has 4 rings (SSSR count). The van der Waals surface area contributed by atoms with Crippen molar-refractivity contribution in [2.45, 2.75) is 50.0 Å². The fourth-order valence-electron chi connectivity index (χ4n) is 6.54. The van der Waals surface area contributed by atoms with E-state index in [1.54, 1.807) is 12.2 Å². The van der Waals surface area contributed by atoms with Crippen molar-refractivity contribution >= 4 is 33.3 Å². The van der Waals surface area contributed by atoms with Crippen LogP contribution in [0.4, 0.5) is 0 Å². The van der Waals surface area contributed by atoms with Crippen molar-refractivity contribution in [2.24, 2.45) is 28.6 Å². The van der Waals surface area contributed by atoms with Gasteiger partial charge in [0.2, 0.25) is 0 Å². The molecule has 2 N–H and O–H groups in total. The summed E-state index contributed by atoms with van der Waals surface area (Å²) >= 11 is 3.77. The first-order valence-corrected chi connectivity index (χ1v) is 10.5. The Kier molecular flexibility index (Phi) is 4.23. The van der Waals surface area contributed by atoms with Crippen molar-refractivity contribution in [3.63, 3.8) is 0 Å². The summed E-state index contributed by atoms with van der Waals surface area (Å²) in [6.45, 7) is 3.15. The quantitative estimate of drug-likeness (QED) is 0.646. The van der Waals surface area contributed by atoms with Gasteiger partial charge in [-0.15, -0.1) is 0 Å². The number of Topliss-reactive ketones (excluding diaryl/α,β-unsaturated/α-hetero) is 2. The topological polar surface area (TPSA) is 91.7 Å². The summed E-state index contributed by atoms with van der Waals surface area (Å²) in [5, 5.41) is 20.6. The molecule has 0 aromatic heterocycles. The largest absolute Gasteiger partial charge is 0.388 e. The summed E-state index contributed by atoms with van der Waals surface area (Å²) in [5.41, 5.74) is -2.05. The van der Waals surface area contributed by atoms with Gasteiger partial charge >= 0.3 is 0 Å². The number of allylic oxidation sites excluding steroid dienone is 4. The van der Waals surface area contributed by atoms with E-state index in [4.69, 9.17) is 0 Å². The van der Waals surface area contributed by atoms with Crippen LogP contribution in [0, 0.1) is 28.6 Å². The maximum absolute atomic E-state index is 13.4. The highest BCUT2D eigenvalue weighted by Gasteiger charge is 2.69. The number of carbonyl (C=O) groups is 3. The van der Waals surface area contributed by atoms with Gasteiger partial charge in [-0.2, -0.15) is 0 Å². The van der Waals surface area contributed by atoms with Crippen molar-refractivity contribution in [2.75, 3.05) is 6.61 Å². The summed E-state index contributed by atoms with van der Waals surface area (Å²) in [6, 6.07) is 0. The fourth-order valence-corrected chi connectivity index (χ4v) is 7.56. The minimum absolute atomic E-state index is 0.00118. The number of fused-ring (bicyclic) bond motifs is 5. The van der Waals surface area contributed by atoms with Crippen LogP contribution in [0.2, 0.25) is 0 Å². The number of aliphatic hydroxyl groups excluding tert-OH is 1. The maximum Gasteiger partial charge on any atom is 0.190 e. The van der Waals surface area contributed by atoms with E-state index in [1.165, 1.54) is 0 Å². The first kappa shape index (κ1) is 19.2. The average Bonchev–Trinajstić information content (AvgIpc) is 2.87. The molecule has 27 heavy (non-hydrogen) atoms. The van der Waals surface area contributed by atoms with Gasteiger partial charge in [0, 0.05) is 28.0 Å². The lowest BCUT2D eigenvalue weighted by Gasteiger charge is -2.58. The normalized spacial score (nSPS) is 48.6. The first-order chi connectivity index (χ1) is 12.6. The molecule has 7 atom stereocenters. The Balaban J connectivity index is 1.81. The molecule has 0 saturated heterocycles. The number of hydrogen-bond donors (Lipinski definition) is 2. The Hall–Kier alpha value is -1.11. The Morgan fingerprint density at radius 2 is 2.04 bits per heavy atom. The third-order valence-corrected chi connectivity index (χ3v) is 8.94. The Bertz CT molecular complexity index is 800. The van der Waals surface area contributed by atoms with Gasteiger partial charge in [-0.1, -0.05) is 41.4 Å². The van der Waals surface area contributed by atoms with Gasteiger partial charge in [0.15, 0.2) is 11.6 Å². The van der Waals surface area contributed by atoms with Crippen molar-refractivity contribution in [3.8, 4) is 0 Å². The molecule has 0 bridgehead atoms. The second-order valence-corrected chi connectivity index (χ2v) is 10.3. The van der Waals surface area contributed by atoms with Crippen molar-refractivity contribution in [3.05, 3.63) is 23.8 Å². The molecule has 0 amide bonds. The predicted molar refractivity (Wildman–Crippen MR) is 102 cm³/mol. The van der Waals surface area contributed by atoms with Crippen LogP contribution < -0.4 is 0 Å². The highest BCUT2D eigenvalue weighted by molar-refractivity contribution is 9.09. The number of carbonyl (C=O) groups excluding carboxylic acids is 3. The molecule has 146 valence electrons. The first-order valence-electron chi connectivity index (χ1n) is 9.56. The summed E-state index contributed by atoms with van der Waals surface area (Å²) < 4.78 is 0. The summed E-state index contributed by atoms with van der Waals surface area (Å²) in [4.78, 5) is 37.7. The summed E-state index contributed by atoms with van der Waals surface area (Å²) in [7, 11) is 0. The lowest BCUT2D eigenvalue weighted by molar-refractivity contribution is -0.168. The van der Waals surface area contributed by atoms with E-state index < -0.39 is 28.8 Å². The number of aliphatic hydroxyl groups is 2. The van der Waals surface area contributed by atoms with Gasteiger partial charge in [0.25, 0.3) is 0 Å². The van der Waals surface area contributed by atoms with Crippen LogP contribution in [0.1, 0.15) is 39.5 Å². The Morgan fingerprint density at radius 3 is 2.70 bits per heavy atom. The van der Waals surface area contributed by atoms with Crippen molar-refractivity contribution in [1.29, 1.82) is 0 Å². The molecule has 6 heteroatoms. The lowest BCUT2D eigenvalue weighted by atomic mass is 9.46. The van der Waals surface area contributed by atoms with Crippen LogP contribution in [0.15, 0.2) is 23.8 Å². The molecular formula is C21H25BrO5. The van der Waals surface area contributed by atoms with E-state index in [-0.39, 0.29) is 47.0 Å². The smallest absolute Gasteiger partial charge is 0.190 e. The Labute approximate surface area is 167 Å². The van der Waals surface area contributed by atoms with Gasteiger partial charge in [0.05, 0.1) is 0 Å². The van der Waals surface area contributed by atoms with E-state index in [0.29, 0.717) is 12.8 Å². The highest BCUT2D eigenvalue weighted by Crippen LogP contribution is 2.66. The number of alkyl halides is 1. The molecule has 3 saturated carbocycles. The van der Waals surface area contributed by atoms with Crippen LogP contribution >= 0.6 is 15.9 Å². The molecule has 3 fully saturated rings. The summed E-state index contributed by atoms with van der Waals surface area (Å²) in [6.07, 6.45) is 6.79. The molecule has 0 radical (unpaired) electrons. The predicted octanol–water partition coefficient (Wildman–Crippen LogP) is 2.14. The zero-order valence-corrected chi connectivity index (χ0v) is 17.2. The van der Waals surface area contributed by atoms with Crippen LogP contribution in [0.25, 0.3) is 0 Å². The lowest BCUT2D eigenvalue weighted by Crippen LogP contribution is -2.62. The van der Waals surface area contributed by atoms with Gasteiger partial charge in [0.1, 0.15) is 18.0 Å². The van der Waals surface area contributed by atoms with Crippen LogP contribution in [-0.2, 0) is 14.4 Å². The zero-order valence-electron chi connectivity index (χ0n) is 15.6. The average molecular weight is 437 g/mol. The van der Waals surface area contributed by atoms with Crippen molar-refractivity contribution in [1.82, 2.24) is 0 Å². The molecule has 4 aliphatic carbocycles. The fraction of sp³-hybridized carbons (Fsp3) is 0.667. The third-order valence-electron chi connectivity index (χ3n) is 8.00. The molecule has 0 spiro atoms. The molecule has 0 heterocycles. The molecule has 0 aromatic rings. The van der Waals surface area contributed by atoms with Crippen LogP contribution in [-0.4, -0.2) is 44.6 Å². The SMILES string of the molecule is C[C@]12C=CC(=O)C=C1C[C@@H](Br)[C@@H]1[C@@H]2C(=O)C[C@@]2(C)[C@H]1CC[C@]2(O)C(=O)CO. The third kappa shape index (κ3) is 2.33. The number of rotatable bonds is 2. The molecule has 0 aliphatic heterocycles. The summed E-state index contributed by atoms with van der Waals surface area (Å²) in [5.74, 6) is -0.920. The maximum atomic E-state index is 13.4. The number of ketones is 3. The number of halogens is 1. The van der Waals surface area contributed by atoms with E-state index >= 15 is 0 Å². The molecular weight excluding hydrogens is 412 g/mol. The van der Waals surface area contributed by atoms with E-state index in [9.17, 15) is 24.6 Å². The molecule has 4 aliphatic rings. The second-order valence-electron chi connectivity index (χ2n) is 9.11. The molecule has 0 unspecified atom stereocenters.